The molecule has 0 atom stereocenters. The summed E-state index contributed by atoms with van der Waals surface area (Å²) in [7, 11) is 0. The quantitative estimate of drug-likeness (QED) is 0.505. The van der Waals surface area contributed by atoms with Gasteiger partial charge in [0.05, 0.1) is 17.1 Å². The molecule has 2 aromatic rings. The first kappa shape index (κ1) is 21.2. The Bertz CT molecular complexity index is 1070. The number of rotatable bonds is 7. The van der Waals surface area contributed by atoms with Gasteiger partial charge in [-0.1, -0.05) is 42.2 Å². The van der Waals surface area contributed by atoms with Crippen molar-refractivity contribution in [2.75, 3.05) is 26.5 Å². The normalized spacial score (nSPS) is 16.2. The van der Waals surface area contributed by atoms with Crippen LogP contribution in [0, 0.1) is 0 Å². The van der Waals surface area contributed by atoms with Gasteiger partial charge >= 0.3 is 0 Å². The summed E-state index contributed by atoms with van der Waals surface area (Å²) in [5, 5.41) is 2.83. The molecule has 0 aromatic heterocycles. The van der Waals surface area contributed by atoms with E-state index in [0.29, 0.717) is 38.6 Å². The van der Waals surface area contributed by atoms with E-state index in [2.05, 4.69) is 5.32 Å². The molecule has 2 aliphatic heterocycles. The molecule has 9 heteroatoms. The third-order valence-electron chi connectivity index (χ3n) is 4.62. The van der Waals surface area contributed by atoms with Gasteiger partial charge in [0, 0.05) is 13.1 Å². The molecule has 0 saturated carbocycles. The van der Waals surface area contributed by atoms with E-state index in [4.69, 9.17) is 26.4 Å². The number of amides is 2. The predicted molar refractivity (Wildman–Crippen MR) is 122 cm³/mol. The minimum atomic E-state index is -0.259. The molecule has 160 valence electrons. The fourth-order valence-electron chi connectivity index (χ4n) is 3.16. The third kappa shape index (κ3) is 4.67. The molecule has 2 aromatic carbocycles. The highest BCUT2D eigenvalue weighted by molar-refractivity contribution is 8.26. The van der Waals surface area contributed by atoms with Crippen LogP contribution < -0.4 is 19.5 Å². The number of hydrogen-bond donors (Lipinski definition) is 1. The summed E-state index contributed by atoms with van der Waals surface area (Å²) < 4.78 is 16.6. The number of carbonyl (C=O) groups is 2. The Hall–Kier alpha value is -3.04. The number of nitrogens with one attached hydrogen (secondary N) is 1. The van der Waals surface area contributed by atoms with Crippen molar-refractivity contribution in [2.45, 2.75) is 6.92 Å². The van der Waals surface area contributed by atoms with Gasteiger partial charge in [0.2, 0.25) is 6.79 Å². The first-order valence-corrected chi connectivity index (χ1v) is 10.9. The van der Waals surface area contributed by atoms with Crippen LogP contribution in [0.15, 0.2) is 47.4 Å². The van der Waals surface area contributed by atoms with Gasteiger partial charge in [-0.15, -0.1) is 0 Å². The predicted octanol–water partition coefficient (Wildman–Crippen LogP) is 3.45. The average Bonchev–Trinajstić information content (AvgIpc) is 3.33. The number of thioether (sulfide) groups is 1. The summed E-state index contributed by atoms with van der Waals surface area (Å²) in [5.41, 5.74) is 1.28. The number of hydrogen-bond acceptors (Lipinski definition) is 7. The van der Waals surface area contributed by atoms with E-state index in [-0.39, 0.29) is 31.7 Å². The fourth-order valence-corrected chi connectivity index (χ4v) is 4.47. The lowest BCUT2D eigenvalue weighted by molar-refractivity contribution is -0.122. The minimum Gasteiger partial charge on any atom is -0.493 e. The van der Waals surface area contributed by atoms with Gasteiger partial charge in [0.1, 0.15) is 10.1 Å². The van der Waals surface area contributed by atoms with Crippen molar-refractivity contribution in [1.82, 2.24) is 10.2 Å². The van der Waals surface area contributed by atoms with Crippen molar-refractivity contribution in [3.8, 4) is 17.2 Å². The fraction of sp³-hybridized carbons (Fsp3) is 0.227. The van der Waals surface area contributed by atoms with Crippen molar-refractivity contribution >= 4 is 46.2 Å². The molecule has 0 aliphatic carbocycles. The van der Waals surface area contributed by atoms with Crippen LogP contribution in [0.3, 0.4) is 0 Å². The van der Waals surface area contributed by atoms with Crippen LogP contribution in [0.1, 0.15) is 22.8 Å². The Kier molecular flexibility index (Phi) is 6.43. The average molecular weight is 457 g/mol. The molecule has 31 heavy (non-hydrogen) atoms. The largest absolute Gasteiger partial charge is 0.493 e. The second kappa shape index (κ2) is 9.40. The van der Waals surface area contributed by atoms with Gasteiger partial charge in [-0.2, -0.15) is 0 Å². The zero-order valence-corrected chi connectivity index (χ0v) is 18.4. The highest BCUT2D eigenvalue weighted by Crippen LogP contribution is 2.36. The van der Waals surface area contributed by atoms with Gasteiger partial charge in [-0.3, -0.25) is 14.5 Å². The second-order valence-corrected chi connectivity index (χ2v) is 8.31. The molecule has 4 rings (SSSR count). The van der Waals surface area contributed by atoms with Gasteiger partial charge in [0.25, 0.3) is 11.8 Å². The van der Waals surface area contributed by atoms with E-state index in [1.165, 1.54) is 16.7 Å². The van der Waals surface area contributed by atoms with Crippen LogP contribution in [-0.4, -0.2) is 47.5 Å². The van der Waals surface area contributed by atoms with Crippen LogP contribution in [0.4, 0.5) is 0 Å². The highest BCUT2D eigenvalue weighted by Gasteiger charge is 2.32. The standard InChI is InChI=1S/C22H20N2O5S2/c1-2-27-16-6-4-3-5-15(16)20(25)23-9-10-24-21(26)19(31-22(24)30)12-14-7-8-17-18(11-14)29-13-28-17/h3-8,11-12H,2,9-10,13H2,1H3,(H,23,25). The van der Waals surface area contributed by atoms with Crippen LogP contribution in [0.25, 0.3) is 6.08 Å². The molecule has 7 nitrogen and oxygen atoms in total. The second-order valence-electron chi connectivity index (χ2n) is 6.63. The molecule has 1 fully saturated rings. The van der Waals surface area contributed by atoms with Gasteiger partial charge in [-0.25, -0.2) is 0 Å². The van der Waals surface area contributed by atoms with E-state index in [1.54, 1.807) is 24.3 Å². The SMILES string of the molecule is CCOc1ccccc1C(=O)NCCN1C(=O)C(=Cc2ccc3c(c2)OCO3)SC1=S. The Labute approximate surface area is 189 Å². The first-order chi connectivity index (χ1) is 15.1. The van der Waals surface area contributed by atoms with Gasteiger partial charge < -0.3 is 19.5 Å². The molecule has 0 unspecified atom stereocenters. The molecular formula is C22H20N2O5S2. The molecule has 0 bridgehead atoms. The molecule has 2 aliphatic rings. The topological polar surface area (TPSA) is 77.1 Å². The van der Waals surface area contributed by atoms with Crippen molar-refractivity contribution in [3.63, 3.8) is 0 Å². The zero-order chi connectivity index (χ0) is 21.8. The van der Waals surface area contributed by atoms with Crippen molar-refractivity contribution in [1.29, 1.82) is 0 Å². The molecule has 0 spiro atoms. The summed E-state index contributed by atoms with van der Waals surface area (Å²) >= 11 is 6.61. The Morgan fingerprint density at radius 3 is 2.90 bits per heavy atom. The summed E-state index contributed by atoms with van der Waals surface area (Å²) in [5.74, 6) is 1.42. The van der Waals surface area contributed by atoms with Crippen molar-refractivity contribution in [3.05, 3.63) is 58.5 Å². The van der Waals surface area contributed by atoms with E-state index in [0.717, 1.165) is 5.56 Å². The van der Waals surface area contributed by atoms with Crippen molar-refractivity contribution in [2.24, 2.45) is 0 Å². The molecule has 1 N–H and O–H groups in total. The van der Waals surface area contributed by atoms with E-state index in [1.807, 2.05) is 31.2 Å². The maximum absolute atomic E-state index is 12.8. The maximum atomic E-state index is 12.8. The molecule has 0 radical (unpaired) electrons. The Morgan fingerprint density at radius 1 is 1.26 bits per heavy atom. The molecular weight excluding hydrogens is 436 g/mol. The maximum Gasteiger partial charge on any atom is 0.266 e. The third-order valence-corrected chi connectivity index (χ3v) is 6.00. The van der Waals surface area contributed by atoms with Crippen molar-refractivity contribution < 1.29 is 23.8 Å². The number of ether oxygens (including phenoxy) is 3. The molecule has 1 saturated heterocycles. The smallest absolute Gasteiger partial charge is 0.266 e. The monoisotopic (exact) mass is 456 g/mol. The number of para-hydroxylation sites is 1. The number of thiocarbonyl (C=S) groups is 1. The highest BCUT2D eigenvalue weighted by atomic mass is 32.2. The zero-order valence-electron chi connectivity index (χ0n) is 16.8. The van der Waals surface area contributed by atoms with E-state index < -0.39 is 0 Å². The number of carbonyl (C=O) groups excluding carboxylic acids is 2. The Morgan fingerprint density at radius 2 is 2.06 bits per heavy atom. The molecule has 2 amide bonds. The van der Waals surface area contributed by atoms with Crippen LogP contribution in [0.2, 0.25) is 0 Å². The number of benzene rings is 2. The van der Waals surface area contributed by atoms with Crippen LogP contribution in [0.5, 0.6) is 17.2 Å². The summed E-state index contributed by atoms with van der Waals surface area (Å²) in [4.78, 5) is 27.3. The Balaban J connectivity index is 1.37. The van der Waals surface area contributed by atoms with Gasteiger partial charge in [-0.05, 0) is 42.8 Å². The van der Waals surface area contributed by atoms with Crippen LogP contribution in [-0.2, 0) is 4.79 Å². The van der Waals surface area contributed by atoms with Gasteiger partial charge in [0.15, 0.2) is 11.5 Å². The summed E-state index contributed by atoms with van der Waals surface area (Å²) in [6, 6.07) is 12.5. The lowest BCUT2D eigenvalue weighted by Crippen LogP contribution is -2.37. The minimum absolute atomic E-state index is 0.184. The number of nitrogens with zero attached hydrogens (tertiary/aromatic N) is 1. The number of fused-ring (bicyclic) bond motifs is 1. The van der Waals surface area contributed by atoms with Crippen LogP contribution >= 0.6 is 24.0 Å². The first-order valence-electron chi connectivity index (χ1n) is 9.72. The van der Waals surface area contributed by atoms with E-state index >= 15 is 0 Å². The lowest BCUT2D eigenvalue weighted by Gasteiger charge is -2.15. The lowest BCUT2D eigenvalue weighted by atomic mass is 10.2. The van der Waals surface area contributed by atoms with E-state index in [9.17, 15) is 9.59 Å². The summed E-state index contributed by atoms with van der Waals surface area (Å²) in [6.07, 6.45) is 1.78. The summed E-state index contributed by atoms with van der Waals surface area (Å²) in [6.45, 7) is 3.08. The molecule has 2 heterocycles.